The molecule has 3 rings (SSSR count). The van der Waals surface area contributed by atoms with Crippen molar-refractivity contribution in [3.8, 4) is 0 Å². The Morgan fingerprint density at radius 2 is 1.25 bits per heavy atom. The van der Waals surface area contributed by atoms with Gasteiger partial charge in [0, 0.05) is 19.5 Å². The zero-order valence-corrected chi connectivity index (χ0v) is 16.0. The lowest BCUT2D eigenvalue weighted by molar-refractivity contribution is -0.115. The molecule has 0 aliphatic heterocycles. The number of amides is 2. The van der Waals surface area contributed by atoms with Crippen molar-refractivity contribution >= 4 is 17.5 Å². The first kappa shape index (κ1) is 19.4. The lowest BCUT2D eigenvalue weighted by Gasteiger charge is -2.24. The summed E-state index contributed by atoms with van der Waals surface area (Å²) in [5, 5.41) is 2.84. The molecule has 0 bridgehead atoms. The van der Waals surface area contributed by atoms with Crippen LogP contribution in [-0.2, 0) is 17.9 Å². The number of hydrogen-bond donors (Lipinski definition) is 1. The molecule has 0 aromatic heterocycles. The normalized spacial score (nSPS) is 10.3. The number of para-hydroxylation sites is 1. The second-order valence-corrected chi connectivity index (χ2v) is 6.58. The maximum atomic E-state index is 13.4. The van der Waals surface area contributed by atoms with Gasteiger partial charge in [0.05, 0.1) is 11.3 Å². The number of rotatable bonds is 7. The standard InChI is InChI=1S/C24H24N2O2/c1-2-23(27)25-22-16-10-9-15-21(22)24(28)26(17-19-11-5-3-6-12-19)18-20-13-7-4-8-14-20/h3-16H,2,17-18H2,1H3,(H,25,27). The number of hydrogen-bond acceptors (Lipinski definition) is 2. The van der Waals surface area contributed by atoms with Gasteiger partial charge in [0.15, 0.2) is 0 Å². The summed E-state index contributed by atoms with van der Waals surface area (Å²) in [5.41, 5.74) is 3.16. The van der Waals surface area contributed by atoms with Crippen LogP contribution in [0, 0.1) is 0 Å². The second-order valence-electron chi connectivity index (χ2n) is 6.58. The first-order valence-corrected chi connectivity index (χ1v) is 9.43. The minimum atomic E-state index is -0.113. The average molecular weight is 372 g/mol. The predicted octanol–water partition coefficient (Wildman–Crippen LogP) is 4.88. The Balaban J connectivity index is 1.91. The summed E-state index contributed by atoms with van der Waals surface area (Å²) in [6, 6.07) is 27.0. The first-order chi connectivity index (χ1) is 13.7. The predicted molar refractivity (Wildman–Crippen MR) is 112 cm³/mol. The SMILES string of the molecule is CCC(=O)Nc1ccccc1C(=O)N(Cc1ccccc1)Cc1ccccc1. The van der Waals surface area contributed by atoms with Gasteiger partial charge < -0.3 is 10.2 Å². The van der Waals surface area contributed by atoms with Crippen LogP contribution in [0.2, 0.25) is 0 Å². The van der Waals surface area contributed by atoms with Gasteiger partial charge in [0.25, 0.3) is 5.91 Å². The molecule has 0 spiro atoms. The van der Waals surface area contributed by atoms with Gasteiger partial charge in [0.1, 0.15) is 0 Å². The maximum Gasteiger partial charge on any atom is 0.256 e. The van der Waals surface area contributed by atoms with E-state index in [1.807, 2.05) is 77.7 Å². The molecule has 0 unspecified atom stereocenters. The lowest BCUT2D eigenvalue weighted by atomic mass is 10.1. The highest BCUT2D eigenvalue weighted by molar-refractivity contribution is 6.03. The highest BCUT2D eigenvalue weighted by Gasteiger charge is 2.20. The average Bonchev–Trinajstić information content (AvgIpc) is 2.74. The van der Waals surface area contributed by atoms with Gasteiger partial charge in [-0.3, -0.25) is 9.59 Å². The Bertz CT molecular complexity index is 882. The van der Waals surface area contributed by atoms with E-state index >= 15 is 0 Å². The molecule has 142 valence electrons. The van der Waals surface area contributed by atoms with E-state index in [1.54, 1.807) is 19.1 Å². The Hall–Kier alpha value is -3.40. The van der Waals surface area contributed by atoms with Gasteiger partial charge in [-0.25, -0.2) is 0 Å². The fourth-order valence-corrected chi connectivity index (χ4v) is 2.99. The number of carbonyl (C=O) groups is 2. The lowest BCUT2D eigenvalue weighted by Crippen LogP contribution is -2.31. The monoisotopic (exact) mass is 372 g/mol. The summed E-state index contributed by atoms with van der Waals surface area (Å²) in [6.45, 7) is 2.77. The number of benzene rings is 3. The molecule has 0 atom stereocenters. The molecule has 3 aromatic rings. The topological polar surface area (TPSA) is 49.4 Å². The summed E-state index contributed by atoms with van der Waals surface area (Å²) in [7, 11) is 0. The number of anilines is 1. The van der Waals surface area contributed by atoms with Crippen LogP contribution in [0.1, 0.15) is 34.8 Å². The second kappa shape index (κ2) is 9.51. The molecule has 0 saturated carbocycles. The number of nitrogens with one attached hydrogen (secondary N) is 1. The van der Waals surface area contributed by atoms with E-state index in [-0.39, 0.29) is 11.8 Å². The van der Waals surface area contributed by atoms with Crippen LogP contribution in [0.25, 0.3) is 0 Å². The minimum absolute atomic E-state index is 0.111. The Kier molecular flexibility index (Phi) is 6.58. The fraction of sp³-hybridized carbons (Fsp3) is 0.167. The fourth-order valence-electron chi connectivity index (χ4n) is 2.99. The van der Waals surface area contributed by atoms with Gasteiger partial charge in [-0.05, 0) is 23.3 Å². The molecule has 0 radical (unpaired) electrons. The Morgan fingerprint density at radius 3 is 1.79 bits per heavy atom. The van der Waals surface area contributed by atoms with E-state index in [9.17, 15) is 9.59 Å². The molecular weight excluding hydrogens is 348 g/mol. The molecule has 0 fully saturated rings. The van der Waals surface area contributed by atoms with Crippen LogP contribution in [0.3, 0.4) is 0 Å². The van der Waals surface area contributed by atoms with E-state index in [0.29, 0.717) is 30.8 Å². The quantitative estimate of drug-likeness (QED) is 0.643. The summed E-state index contributed by atoms with van der Waals surface area (Å²) in [6.07, 6.45) is 0.361. The molecule has 2 amide bonds. The largest absolute Gasteiger partial charge is 0.330 e. The molecule has 0 heterocycles. The van der Waals surface area contributed by atoms with Gasteiger partial charge in [-0.2, -0.15) is 0 Å². The number of nitrogens with zero attached hydrogens (tertiary/aromatic N) is 1. The van der Waals surface area contributed by atoms with Crippen molar-refractivity contribution in [1.29, 1.82) is 0 Å². The van der Waals surface area contributed by atoms with Crippen molar-refractivity contribution in [2.24, 2.45) is 0 Å². The highest BCUT2D eigenvalue weighted by atomic mass is 16.2. The third-order valence-electron chi connectivity index (χ3n) is 4.47. The van der Waals surface area contributed by atoms with Crippen LogP contribution in [-0.4, -0.2) is 16.7 Å². The molecule has 0 saturated heterocycles. The molecule has 4 nitrogen and oxygen atoms in total. The van der Waals surface area contributed by atoms with Gasteiger partial charge in [0.2, 0.25) is 5.91 Å². The van der Waals surface area contributed by atoms with E-state index in [0.717, 1.165) is 11.1 Å². The molecule has 1 N–H and O–H groups in total. The van der Waals surface area contributed by atoms with Crippen molar-refractivity contribution in [3.05, 3.63) is 102 Å². The molecule has 4 heteroatoms. The van der Waals surface area contributed by atoms with E-state index in [1.165, 1.54) is 0 Å². The van der Waals surface area contributed by atoms with Crippen molar-refractivity contribution in [2.75, 3.05) is 5.32 Å². The maximum absolute atomic E-state index is 13.4. The van der Waals surface area contributed by atoms with Crippen LogP contribution >= 0.6 is 0 Å². The van der Waals surface area contributed by atoms with Crippen molar-refractivity contribution in [1.82, 2.24) is 4.90 Å². The smallest absolute Gasteiger partial charge is 0.256 e. The van der Waals surface area contributed by atoms with Gasteiger partial charge >= 0.3 is 0 Å². The molecule has 28 heavy (non-hydrogen) atoms. The van der Waals surface area contributed by atoms with E-state index < -0.39 is 0 Å². The highest BCUT2D eigenvalue weighted by Crippen LogP contribution is 2.21. The summed E-state index contributed by atoms with van der Waals surface area (Å²) >= 11 is 0. The minimum Gasteiger partial charge on any atom is -0.330 e. The summed E-state index contributed by atoms with van der Waals surface area (Å²) in [5.74, 6) is -0.224. The molecule has 0 aliphatic carbocycles. The third-order valence-corrected chi connectivity index (χ3v) is 4.47. The third kappa shape index (κ3) is 5.07. The Labute approximate surface area is 165 Å². The molecule has 3 aromatic carbocycles. The van der Waals surface area contributed by atoms with Gasteiger partial charge in [-0.1, -0.05) is 79.7 Å². The van der Waals surface area contributed by atoms with E-state index in [4.69, 9.17) is 0 Å². The van der Waals surface area contributed by atoms with Gasteiger partial charge in [-0.15, -0.1) is 0 Å². The van der Waals surface area contributed by atoms with Crippen LogP contribution < -0.4 is 5.32 Å². The molecular formula is C24H24N2O2. The zero-order chi connectivity index (χ0) is 19.8. The first-order valence-electron chi connectivity index (χ1n) is 9.43. The van der Waals surface area contributed by atoms with E-state index in [2.05, 4.69) is 5.32 Å². The zero-order valence-electron chi connectivity index (χ0n) is 16.0. The van der Waals surface area contributed by atoms with Crippen LogP contribution in [0.5, 0.6) is 0 Å². The Morgan fingerprint density at radius 1 is 0.750 bits per heavy atom. The number of carbonyl (C=O) groups excluding carboxylic acids is 2. The van der Waals surface area contributed by atoms with Crippen LogP contribution in [0.4, 0.5) is 5.69 Å². The van der Waals surface area contributed by atoms with Crippen molar-refractivity contribution < 1.29 is 9.59 Å². The summed E-state index contributed by atoms with van der Waals surface area (Å²) < 4.78 is 0. The van der Waals surface area contributed by atoms with Crippen LogP contribution in [0.15, 0.2) is 84.9 Å². The molecule has 0 aliphatic rings. The van der Waals surface area contributed by atoms with Crippen molar-refractivity contribution in [3.63, 3.8) is 0 Å². The van der Waals surface area contributed by atoms with Crippen molar-refractivity contribution in [2.45, 2.75) is 26.4 Å². The summed E-state index contributed by atoms with van der Waals surface area (Å²) in [4.78, 5) is 27.1.